The third-order valence-corrected chi connectivity index (χ3v) is 2.19. The summed E-state index contributed by atoms with van der Waals surface area (Å²) in [5.41, 5.74) is 0.658. The summed E-state index contributed by atoms with van der Waals surface area (Å²) in [6.07, 6.45) is 0. The van der Waals surface area contributed by atoms with Crippen molar-refractivity contribution in [3.8, 4) is 5.75 Å². The van der Waals surface area contributed by atoms with Gasteiger partial charge in [0.1, 0.15) is 5.75 Å². The molecule has 2 rings (SSSR count). The van der Waals surface area contributed by atoms with Gasteiger partial charge in [-0.3, -0.25) is 4.79 Å². The average molecular weight is 232 g/mol. The van der Waals surface area contributed by atoms with Gasteiger partial charge in [0.25, 0.3) is 5.89 Å². The van der Waals surface area contributed by atoms with E-state index in [0.29, 0.717) is 23.1 Å². The molecule has 0 aliphatic rings. The van der Waals surface area contributed by atoms with Gasteiger partial charge in [-0.2, -0.15) is 0 Å². The summed E-state index contributed by atoms with van der Waals surface area (Å²) in [6.45, 7) is 3.47. The second kappa shape index (κ2) is 4.78. The molecule has 1 aromatic carbocycles. The van der Waals surface area contributed by atoms with E-state index in [4.69, 9.17) is 9.15 Å². The van der Waals surface area contributed by atoms with Crippen molar-refractivity contribution in [3.05, 3.63) is 41.6 Å². The standard InChI is InChI=1S/C12H12N2O3/c1-8(15)10-3-5-11(6-4-10)16-7-12-14-13-9(2)17-12/h3-6H,7H2,1-2H3. The second-order valence-corrected chi connectivity index (χ2v) is 3.58. The van der Waals surface area contributed by atoms with Gasteiger partial charge in [-0.1, -0.05) is 0 Å². The highest BCUT2D eigenvalue weighted by Gasteiger charge is 2.04. The minimum Gasteiger partial charge on any atom is -0.484 e. The smallest absolute Gasteiger partial charge is 0.253 e. The lowest BCUT2D eigenvalue weighted by molar-refractivity contribution is 0.101. The average Bonchev–Trinajstić information content (AvgIpc) is 2.73. The molecule has 0 N–H and O–H groups in total. The van der Waals surface area contributed by atoms with Crippen molar-refractivity contribution in [1.29, 1.82) is 0 Å². The van der Waals surface area contributed by atoms with Crippen LogP contribution in [0.15, 0.2) is 28.7 Å². The van der Waals surface area contributed by atoms with Crippen molar-refractivity contribution < 1.29 is 13.9 Å². The predicted octanol–water partition coefficient (Wildman–Crippen LogP) is 2.16. The number of hydrogen-bond donors (Lipinski definition) is 0. The van der Waals surface area contributed by atoms with Crippen molar-refractivity contribution in [2.24, 2.45) is 0 Å². The maximum atomic E-state index is 11.1. The van der Waals surface area contributed by atoms with Crippen LogP contribution in [0.25, 0.3) is 0 Å². The van der Waals surface area contributed by atoms with E-state index >= 15 is 0 Å². The minimum absolute atomic E-state index is 0.0316. The lowest BCUT2D eigenvalue weighted by Gasteiger charge is -2.03. The quantitative estimate of drug-likeness (QED) is 0.756. The molecule has 2 aromatic rings. The zero-order valence-corrected chi connectivity index (χ0v) is 9.64. The number of aromatic nitrogens is 2. The van der Waals surface area contributed by atoms with E-state index in [9.17, 15) is 4.79 Å². The third kappa shape index (κ3) is 2.90. The number of benzene rings is 1. The third-order valence-electron chi connectivity index (χ3n) is 2.19. The van der Waals surface area contributed by atoms with Crippen LogP contribution in [0.3, 0.4) is 0 Å². The van der Waals surface area contributed by atoms with Gasteiger partial charge in [0.05, 0.1) is 0 Å². The number of Topliss-reactive ketones (excluding diaryl/α,β-unsaturated/α-hetero) is 1. The highest BCUT2D eigenvalue weighted by molar-refractivity contribution is 5.94. The fourth-order valence-corrected chi connectivity index (χ4v) is 1.33. The lowest BCUT2D eigenvalue weighted by atomic mass is 10.1. The zero-order valence-electron chi connectivity index (χ0n) is 9.64. The Hall–Kier alpha value is -2.17. The van der Waals surface area contributed by atoms with Crippen LogP contribution in [-0.4, -0.2) is 16.0 Å². The topological polar surface area (TPSA) is 65.2 Å². The van der Waals surface area contributed by atoms with Gasteiger partial charge in [0.2, 0.25) is 5.89 Å². The molecule has 88 valence electrons. The maximum absolute atomic E-state index is 11.1. The Balaban J connectivity index is 1.97. The number of carbonyl (C=O) groups excluding carboxylic acids is 1. The van der Waals surface area contributed by atoms with Gasteiger partial charge >= 0.3 is 0 Å². The monoisotopic (exact) mass is 232 g/mol. The summed E-state index contributed by atoms with van der Waals surface area (Å²) in [5, 5.41) is 7.51. The molecule has 0 bridgehead atoms. The molecule has 17 heavy (non-hydrogen) atoms. The molecular weight excluding hydrogens is 220 g/mol. The SMILES string of the molecule is CC(=O)c1ccc(OCc2nnc(C)o2)cc1. The lowest BCUT2D eigenvalue weighted by Crippen LogP contribution is -1.97. The van der Waals surface area contributed by atoms with Gasteiger partial charge < -0.3 is 9.15 Å². The fraction of sp³-hybridized carbons (Fsp3) is 0.250. The molecular formula is C12H12N2O3. The highest BCUT2D eigenvalue weighted by atomic mass is 16.5. The number of nitrogens with zero attached hydrogens (tertiary/aromatic N) is 2. The van der Waals surface area contributed by atoms with Gasteiger partial charge in [-0.15, -0.1) is 10.2 Å². The van der Waals surface area contributed by atoms with Gasteiger partial charge in [-0.05, 0) is 31.2 Å². The van der Waals surface area contributed by atoms with E-state index in [1.807, 2.05) is 0 Å². The largest absolute Gasteiger partial charge is 0.484 e. The molecule has 0 unspecified atom stereocenters. The van der Waals surface area contributed by atoms with Gasteiger partial charge in [-0.25, -0.2) is 0 Å². The van der Waals surface area contributed by atoms with Gasteiger partial charge in [0.15, 0.2) is 12.4 Å². The molecule has 0 fully saturated rings. The van der Waals surface area contributed by atoms with E-state index in [1.54, 1.807) is 31.2 Å². The van der Waals surface area contributed by atoms with E-state index in [1.165, 1.54) is 6.92 Å². The van der Waals surface area contributed by atoms with Crippen LogP contribution in [0, 0.1) is 6.92 Å². The number of aryl methyl sites for hydroxylation is 1. The second-order valence-electron chi connectivity index (χ2n) is 3.58. The molecule has 5 heteroatoms. The normalized spacial score (nSPS) is 10.2. The fourth-order valence-electron chi connectivity index (χ4n) is 1.33. The van der Waals surface area contributed by atoms with Crippen LogP contribution >= 0.6 is 0 Å². The van der Waals surface area contributed by atoms with Crippen LogP contribution < -0.4 is 4.74 Å². The summed E-state index contributed by atoms with van der Waals surface area (Å²) in [7, 11) is 0. The molecule has 0 saturated heterocycles. The Kier molecular flexibility index (Phi) is 3.18. The summed E-state index contributed by atoms with van der Waals surface area (Å²) in [5.74, 6) is 1.63. The molecule has 1 heterocycles. The minimum atomic E-state index is 0.0316. The molecule has 5 nitrogen and oxygen atoms in total. The Morgan fingerprint density at radius 1 is 1.29 bits per heavy atom. The van der Waals surface area contributed by atoms with Crippen molar-refractivity contribution in [2.75, 3.05) is 0 Å². The Labute approximate surface area is 98.4 Å². The first kappa shape index (κ1) is 11.3. The predicted molar refractivity (Wildman–Crippen MR) is 59.8 cm³/mol. The van der Waals surface area contributed by atoms with Crippen molar-refractivity contribution in [1.82, 2.24) is 10.2 Å². The van der Waals surface area contributed by atoms with Crippen LogP contribution in [0.1, 0.15) is 29.1 Å². The summed E-state index contributed by atoms with van der Waals surface area (Å²) in [6, 6.07) is 6.91. The summed E-state index contributed by atoms with van der Waals surface area (Å²) < 4.78 is 10.6. The number of carbonyl (C=O) groups is 1. The Morgan fingerprint density at radius 3 is 2.53 bits per heavy atom. The van der Waals surface area contributed by atoms with Crippen LogP contribution in [0.4, 0.5) is 0 Å². The highest BCUT2D eigenvalue weighted by Crippen LogP contribution is 2.14. The number of ketones is 1. The molecule has 0 saturated carbocycles. The van der Waals surface area contributed by atoms with E-state index in [2.05, 4.69) is 10.2 Å². The molecule has 0 aliphatic heterocycles. The summed E-state index contributed by atoms with van der Waals surface area (Å²) in [4.78, 5) is 11.1. The molecule has 1 aromatic heterocycles. The summed E-state index contributed by atoms with van der Waals surface area (Å²) >= 11 is 0. The van der Waals surface area contributed by atoms with E-state index in [-0.39, 0.29) is 12.4 Å². The first-order valence-electron chi connectivity index (χ1n) is 5.18. The van der Waals surface area contributed by atoms with Crippen molar-refractivity contribution >= 4 is 5.78 Å². The van der Waals surface area contributed by atoms with Crippen LogP contribution in [-0.2, 0) is 6.61 Å². The number of rotatable bonds is 4. The first-order valence-corrected chi connectivity index (χ1v) is 5.18. The molecule has 0 spiro atoms. The van der Waals surface area contributed by atoms with Crippen LogP contribution in [0.2, 0.25) is 0 Å². The van der Waals surface area contributed by atoms with E-state index < -0.39 is 0 Å². The Morgan fingerprint density at radius 2 is 2.00 bits per heavy atom. The molecule has 0 radical (unpaired) electrons. The zero-order chi connectivity index (χ0) is 12.3. The van der Waals surface area contributed by atoms with Crippen LogP contribution in [0.5, 0.6) is 5.75 Å². The molecule has 0 atom stereocenters. The van der Waals surface area contributed by atoms with Gasteiger partial charge in [0, 0.05) is 12.5 Å². The first-order chi connectivity index (χ1) is 8.15. The molecule has 0 aliphatic carbocycles. The Bertz CT molecular complexity index is 517. The van der Waals surface area contributed by atoms with Crippen molar-refractivity contribution in [2.45, 2.75) is 20.5 Å². The van der Waals surface area contributed by atoms with E-state index in [0.717, 1.165) is 0 Å². The van der Waals surface area contributed by atoms with Crippen molar-refractivity contribution in [3.63, 3.8) is 0 Å². The number of hydrogen-bond acceptors (Lipinski definition) is 5. The molecule has 0 amide bonds. The number of ether oxygens (including phenoxy) is 1. The maximum Gasteiger partial charge on any atom is 0.253 e.